The van der Waals surface area contributed by atoms with Crippen molar-refractivity contribution in [2.45, 2.75) is 0 Å². The summed E-state index contributed by atoms with van der Waals surface area (Å²) in [6.07, 6.45) is 0. The minimum Gasteiger partial charge on any atom is -0.495 e. The summed E-state index contributed by atoms with van der Waals surface area (Å²) < 4.78 is 18.9. The lowest BCUT2D eigenvalue weighted by Crippen LogP contribution is -2.49. The second-order valence-corrected chi connectivity index (χ2v) is 8.03. The van der Waals surface area contributed by atoms with Crippen LogP contribution in [0, 0.1) is 5.82 Å². The van der Waals surface area contributed by atoms with Crippen LogP contribution in [0.2, 0.25) is 0 Å². The molecule has 0 aliphatic carbocycles. The molecule has 1 aromatic heterocycles. The second-order valence-electron chi connectivity index (χ2n) is 8.03. The molecule has 0 bridgehead atoms. The SMILES string of the molecule is COc1ccccc1N1CCN(C(=O)c2cc(-c3ccc(F)cc3)nc3ccccc23)CC1. The van der Waals surface area contributed by atoms with Gasteiger partial charge in [-0.1, -0.05) is 30.3 Å². The summed E-state index contributed by atoms with van der Waals surface area (Å²) in [6, 6.07) is 23.6. The van der Waals surface area contributed by atoms with Crippen molar-refractivity contribution in [2.75, 3.05) is 38.2 Å². The normalized spacial score (nSPS) is 13.9. The van der Waals surface area contributed by atoms with E-state index >= 15 is 0 Å². The van der Waals surface area contributed by atoms with Gasteiger partial charge in [0, 0.05) is 37.1 Å². The van der Waals surface area contributed by atoms with Crippen molar-refractivity contribution in [1.82, 2.24) is 9.88 Å². The van der Waals surface area contributed by atoms with Crippen molar-refractivity contribution in [2.24, 2.45) is 0 Å². The number of rotatable bonds is 4. The highest BCUT2D eigenvalue weighted by Gasteiger charge is 2.25. The summed E-state index contributed by atoms with van der Waals surface area (Å²) in [5.74, 6) is 0.515. The molecule has 0 N–H and O–H groups in total. The molecule has 2 heterocycles. The van der Waals surface area contributed by atoms with E-state index in [4.69, 9.17) is 9.72 Å². The standard InChI is InChI=1S/C27H24FN3O2/c1-33-26-9-5-4-8-25(26)30-14-16-31(17-15-30)27(32)22-18-24(19-10-12-20(28)13-11-19)29-23-7-3-2-6-21(22)23/h2-13,18H,14-17H2,1H3. The number of carbonyl (C=O) groups excluding carboxylic acids is 1. The number of pyridine rings is 1. The van der Waals surface area contributed by atoms with Crippen LogP contribution in [-0.2, 0) is 0 Å². The third kappa shape index (κ3) is 4.12. The summed E-state index contributed by atoms with van der Waals surface area (Å²) >= 11 is 0. The Labute approximate surface area is 192 Å². The molecular formula is C27H24FN3O2. The second kappa shape index (κ2) is 8.90. The van der Waals surface area contributed by atoms with E-state index in [1.165, 1.54) is 12.1 Å². The van der Waals surface area contributed by atoms with Gasteiger partial charge in [-0.05, 0) is 48.5 Å². The maximum Gasteiger partial charge on any atom is 0.254 e. The Balaban J connectivity index is 1.43. The van der Waals surface area contributed by atoms with E-state index in [1.54, 1.807) is 19.2 Å². The van der Waals surface area contributed by atoms with Gasteiger partial charge in [0.25, 0.3) is 5.91 Å². The Kier molecular flexibility index (Phi) is 5.65. The molecule has 3 aromatic carbocycles. The number of para-hydroxylation sites is 3. The van der Waals surface area contributed by atoms with E-state index < -0.39 is 0 Å². The number of hydrogen-bond donors (Lipinski definition) is 0. The molecule has 0 spiro atoms. The average molecular weight is 442 g/mol. The van der Waals surface area contributed by atoms with Gasteiger partial charge in [-0.2, -0.15) is 0 Å². The third-order valence-corrected chi connectivity index (χ3v) is 6.08. The zero-order valence-electron chi connectivity index (χ0n) is 18.4. The van der Waals surface area contributed by atoms with Crippen molar-refractivity contribution in [3.05, 3.63) is 90.2 Å². The van der Waals surface area contributed by atoms with E-state index in [1.807, 2.05) is 59.5 Å². The number of amides is 1. The number of hydrogen-bond acceptors (Lipinski definition) is 4. The van der Waals surface area contributed by atoms with E-state index in [0.29, 0.717) is 24.3 Å². The van der Waals surface area contributed by atoms with Crippen LogP contribution in [0.15, 0.2) is 78.9 Å². The van der Waals surface area contributed by atoms with Crippen molar-refractivity contribution < 1.29 is 13.9 Å². The van der Waals surface area contributed by atoms with Crippen LogP contribution in [0.5, 0.6) is 5.75 Å². The van der Waals surface area contributed by atoms with Gasteiger partial charge in [-0.25, -0.2) is 9.37 Å². The number of halogens is 1. The molecule has 1 saturated heterocycles. The average Bonchev–Trinajstić information content (AvgIpc) is 2.88. The number of ether oxygens (including phenoxy) is 1. The highest BCUT2D eigenvalue weighted by molar-refractivity contribution is 6.07. The Morgan fingerprint density at radius 2 is 1.61 bits per heavy atom. The van der Waals surface area contributed by atoms with Gasteiger partial charge in [0.2, 0.25) is 0 Å². The third-order valence-electron chi connectivity index (χ3n) is 6.08. The predicted octanol–water partition coefficient (Wildman–Crippen LogP) is 5.01. The van der Waals surface area contributed by atoms with Gasteiger partial charge in [0.05, 0.1) is 29.6 Å². The molecule has 1 aliphatic heterocycles. The van der Waals surface area contributed by atoms with E-state index in [0.717, 1.165) is 41.0 Å². The molecule has 0 saturated carbocycles. The minimum absolute atomic E-state index is 0.0170. The van der Waals surface area contributed by atoms with Gasteiger partial charge in [0.1, 0.15) is 11.6 Å². The van der Waals surface area contributed by atoms with Crippen molar-refractivity contribution in [3.63, 3.8) is 0 Å². The van der Waals surface area contributed by atoms with Crippen LogP contribution in [0.25, 0.3) is 22.2 Å². The highest BCUT2D eigenvalue weighted by atomic mass is 19.1. The Hall–Kier alpha value is -3.93. The van der Waals surface area contributed by atoms with Crippen molar-refractivity contribution >= 4 is 22.5 Å². The summed E-state index contributed by atoms with van der Waals surface area (Å²) in [4.78, 5) is 22.5. The highest BCUT2D eigenvalue weighted by Crippen LogP contribution is 2.30. The molecule has 6 heteroatoms. The quantitative estimate of drug-likeness (QED) is 0.447. The zero-order chi connectivity index (χ0) is 22.8. The van der Waals surface area contributed by atoms with Crippen LogP contribution in [-0.4, -0.2) is 49.1 Å². The van der Waals surface area contributed by atoms with Crippen LogP contribution in [0.4, 0.5) is 10.1 Å². The number of benzene rings is 3. The molecular weight excluding hydrogens is 417 g/mol. The number of piperazine rings is 1. The van der Waals surface area contributed by atoms with Crippen LogP contribution < -0.4 is 9.64 Å². The van der Waals surface area contributed by atoms with E-state index in [-0.39, 0.29) is 11.7 Å². The minimum atomic E-state index is -0.302. The summed E-state index contributed by atoms with van der Waals surface area (Å²) in [5, 5.41) is 0.820. The van der Waals surface area contributed by atoms with Crippen molar-refractivity contribution in [3.8, 4) is 17.0 Å². The summed E-state index contributed by atoms with van der Waals surface area (Å²) in [7, 11) is 1.67. The number of fused-ring (bicyclic) bond motifs is 1. The fraction of sp³-hybridized carbons (Fsp3) is 0.185. The first-order valence-corrected chi connectivity index (χ1v) is 11.0. The lowest BCUT2D eigenvalue weighted by atomic mass is 10.0. The fourth-order valence-corrected chi connectivity index (χ4v) is 4.33. The fourth-order valence-electron chi connectivity index (χ4n) is 4.33. The smallest absolute Gasteiger partial charge is 0.254 e. The van der Waals surface area contributed by atoms with E-state index in [2.05, 4.69) is 4.90 Å². The molecule has 166 valence electrons. The monoisotopic (exact) mass is 441 g/mol. The molecule has 0 atom stereocenters. The maximum atomic E-state index is 13.6. The van der Waals surface area contributed by atoms with Gasteiger partial charge in [-0.15, -0.1) is 0 Å². The van der Waals surface area contributed by atoms with Gasteiger partial charge in [0.15, 0.2) is 0 Å². The number of nitrogens with zero attached hydrogens (tertiary/aromatic N) is 3. The summed E-state index contributed by atoms with van der Waals surface area (Å²) in [6.45, 7) is 2.67. The lowest BCUT2D eigenvalue weighted by molar-refractivity contribution is 0.0748. The Morgan fingerprint density at radius 1 is 0.909 bits per heavy atom. The Morgan fingerprint density at radius 3 is 2.36 bits per heavy atom. The number of anilines is 1. The summed E-state index contributed by atoms with van der Waals surface area (Å²) in [5.41, 5.74) is 3.84. The molecule has 0 radical (unpaired) electrons. The largest absolute Gasteiger partial charge is 0.495 e. The number of carbonyl (C=O) groups is 1. The number of aromatic nitrogens is 1. The van der Waals surface area contributed by atoms with Gasteiger partial charge >= 0.3 is 0 Å². The molecule has 5 nitrogen and oxygen atoms in total. The van der Waals surface area contributed by atoms with Crippen molar-refractivity contribution in [1.29, 1.82) is 0 Å². The first kappa shape index (κ1) is 20.9. The first-order chi connectivity index (χ1) is 16.1. The van der Waals surface area contributed by atoms with Crippen LogP contribution >= 0.6 is 0 Å². The zero-order valence-corrected chi connectivity index (χ0v) is 18.4. The van der Waals surface area contributed by atoms with Crippen LogP contribution in [0.3, 0.4) is 0 Å². The molecule has 1 amide bonds. The number of methoxy groups -OCH3 is 1. The lowest BCUT2D eigenvalue weighted by Gasteiger charge is -2.36. The Bertz CT molecular complexity index is 1300. The topological polar surface area (TPSA) is 45.7 Å². The van der Waals surface area contributed by atoms with Crippen LogP contribution in [0.1, 0.15) is 10.4 Å². The molecule has 1 aliphatic rings. The molecule has 33 heavy (non-hydrogen) atoms. The van der Waals surface area contributed by atoms with E-state index in [9.17, 15) is 9.18 Å². The van der Waals surface area contributed by atoms with Gasteiger partial charge in [-0.3, -0.25) is 4.79 Å². The first-order valence-electron chi connectivity index (χ1n) is 11.0. The van der Waals surface area contributed by atoms with Gasteiger partial charge < -0.3 is 14.5 Å². The molecule has 4 aromatic rings. The predicted molar refractivity (Wildman–Crippen MR) is 128 cm³/mol. The maximum absolute atomic E-state index is 13.6. The molecule has 0 unspecified atom stereocenters. The molecule has 5 rings (SSSR count). The molecule has 1 fully saturated rings.